The largest absolute Gasteiger partial charge is 0.478 e. The fourth-order valence-electron chi connectivity index (χ4n) is 0.954. The van der Waals surface area contributed by atoms with E-state index in [4.69, 9.17) is 5.11 Å². The van der Waals surface area contributed by atoms with E-state index in [1.54, 1.807) is 12.1 Å². The van der Waals surface area contributed by atoms with Gasteiger partial charge in [0.05, 0.1) is 10.5 Å². The van der Waals surface area contributed by atoms with Gasteiger partial charge in [0.15, 0.2) is 0 Å². The maximum atomic E-state index is 10.8. The Kier molecular flexibility index (Phi) is 3.52. The summed E-state index contributed by atoms with van der Waals surface area (Å²) < 4.78 is 0. The molecule has 0 aliphatic carbocycles. The van der Waals surface area contributed by atoms with Crippen LogP contribution >= 0.6 is 0 Å². The Morgan fingerprint density at radius 1 is 1.41 bits per heavy atom. The summed E-state index contributed by atoms with van der Waals surface area (Å²) in [5.74, 6) is -1.15. The summed E-state index contributed by atoms with van der Waals surface area (Å²) in [4.78, 5) is 20.8. The Hall–Kier alpha value is -2.31. The number of carboxylic acid groups (broad SMARTS) is 1. The van der Waals surface area contributed by atoms with Crippen molar-refractivity contribution < 1.29 is 14.8 Å². The molecule has 0 saturated carbocycles. The minimum atomic E-state index is -1.58. The average molecular weight is 237 g/mol. The van der Waals surface area contributed by atoms with Gasteiger partial charge in [0.25, 0.3) is 0 Å². The van der Waals surface area contributed by atoms with Crippen molar-refractivity contribution in [1.29, 1.82) is 0 Å². The fourth-order valence-corrected chi connectivity index (χ4v) is 0.954. The smallest absolute Gasteiger partial charge is 0.337 e. The molecule has 0 heterocycles. The maximum absolute atomic E-state index is 10.8. The zero-order valence-corrected chi connectivity index (χ0v) is 9.32. The van der Waals surface area contributed by atoms with Crippen LogP contribution in [0, 0.1) is 10.1 Å². The molecule has 0 unspecified atom stereocenters. The second-order valence-electron chi connectivity index (χ2n) is 3.77. The third kappa shape index (κ3) is 3.07. The highest BCUT2D eigenvalue weighted by Crippen LogP contribution is 2.21. The molecule has 1 aromatic carbocycles. The van der Waals surface area contributed by atoms with Crippen LogP contribution in [-0.4, -0.2) is 21.7 Å². The predicted molar refractivity (Wildman–Crippen MR) is 59.0 cm³/mol. The van der Waals surface area contributed by atoms with Gasteiger partial charge >= 0.3 is 11.6 Å². The van der Waals surface area contributed by atoms with Crippen LogP contribution in [0.15, 0.2) is 34.5 Å². The van der Waals surface area contributed by atoms with Crippen molar-refractivity contribution >= 4 is 11.7 Å². The van der Waals surface area contributed by atoms with Crippen LogP contribution in [0.3, 0.4) is 0 Å². The highest BCUT2D eigenvalue weighted by atomic mass is 16.6. The normalized spacial score (nSPS) is 11.6. The number of hydrogen-bond donors (Lipinski definition) is 1. The lowest BCUT2D eigenvalue weighted by Gasteiger charge is -2.07. The van der Waals surface area contributed by atoms with Gasteiger partial charge in [0.1, 0.15) is 5.69 Å². The number of nitro groups is 1. The number of aromatic carboxylic acids is 1. The van der Waals surface area contributed by atoms with E-state index in [-0.39, 0.29) is 11.3 Å². The van der Waals surface area contributed by atoms with Crippen molar-refractivity contribution in [2.45, 2.75) is 19.5 Å². The topological polar surface area (TPSA) is 105 Å². The number of azo groups is 1. The lowest BCUT2D eigenvalue weighted by molar-refractivity contribution is -0.559. The number of carboxylic acids is 1. The Morgan fingerprint density at radius 2 is 2.00 bits per heavy atom. The van der Waals surface area contributed by atoms with Crippen molar-refractivity contribution in [3.63, 3.8) is 0 Å². The third-order valence-electron chi connectivity index (χ3n) is 1.98. The molecule has 90 valence electrons. The van der Waals surface area contributed by atoms with Crippen LogP contribution in [0.25, 0.3) is 0 Å². The second-order valence-corrected chi connectivity index (χ2v) is 3.77. The lowest BCUT2D eigenvalue weighted by atomic mass is 10.2. The van der Waals surface area contributed by atoms with E-state index in [0.717, 1.165) is 0 Å². The number of rotatable bonds is 4. The molecule has 7 nitrogen and oxygen atoms in total. The zero-order valence-electron chi connectivity index (χ0n) is 9.32. The van der Waals surface area contributed by atoms with Crippen LogP contribution in [0.5, 0.6) is 0 Å². The van der Waals surface area contributed by atoms with E-state index in [0.29, 0.717) is 0 Å². The Labute approximate surface area is 96.9 Å². The van der Waals surface area contributed by atoms with Gasteiger partial charge in [-0.25, -0.2) is 4.79 Å². The first-order chi connectivity index (χ1) is 7.84. The molecular formula is C10H11N3O4. The van der Waals surface area contributed by atoms with Gasteiger partial charge in [-0.15, -0.1) is 10.2 Å². The molecule has 0 aliphatic heterocycles. The van der Waals surface area contributed by atoms with Gasteiger partial charge in [-0.1, -0.05) is 12.1 Å². The maximum Gasteiger partial charge on any atom is 0.337 e. The number of nitrogens with zero attached hydrogens (tertiary/aromatic N) is 3. The molecule has 0 atom stereocenters. The summed E-state index contributed by atoms with van der Waals surface area (Å²) in [7, 11) is 0. The Balaban J connectivity index is 3.08. The van der Waals surface area contributed by atoms with E-state index in [2.05, 4.69) is 10.2 Å². The van der Waals surface area contributed by atoms with Crippen molar-refractivity contribution in [2.24, 2.45) is 10.2 Å². The molecule has 0 fully saturated rings. The standard InChI is InChI=1S/C10H11N3O4/c1-10(2,13(16)17)12-11-8-6-4-3-5-7(8)9(14)15/h3-6H,1-2H3,(H,14,15). The van der Waals surface area contributed by atoms with Crippen LogP contribution in [-0.2, 0) is 0 Å². The minimum absolute atomic E-state index is 0.0459. The molecule has 0 spiro atoms. The first-order valence-corrected chi connectivity index (χ1v) is 4.74. The molecule has 0 aromatic heterocycles. The van der Waals surface area contributed by atoms with E-state index >= 15 is 0 Å². The first kappa shape index (κ1) is 12.8. The van der Waals surface area contributed by atoms with Crippen LogP contribution < -0.4 is 0 Å². The molecule has 0 aliphatic rings. The minimum Gasteiger partial charge on any atom is -0.478 e. The van der Waals surface area contributed by atoms with E-state index < -0.39 is 16.6 Å². The Morgan fingerprint density at radius 3 is 2.53 bits per heavy atom. The molecule has 0 saturated heterocycles. The average Bonchev–Trinajstić information content (AvgIpc) is 2.26. The molecule has 0 amide bonds. The SMILES string of the molecule is CC(C)(N=Nc1ccccc1C(=O)O)[N+](=O)[O-]. The van der Waals surface area contributed by atoms with Crippen molar-refractivity contribution in [3.8, 4) is 0 Å². The molecule has 1 aromatic rings. The lowest BCUT2D eigenvalue weighted by Crippen LogP contribution is -2.27. The van der Waals surface area contributed by atoms with Crippen LogP contribution in [0.2, 0.25) is 0 Å². The summed E-state index contributed by atoms with van der Waals surface area (Å²) in [6.45, 7) is 2.56. The summed E-state index contributed by atoms with van der Waals surface area (Å²) in [5, 5.41) is 26.6. The number of hydrogen-bond acceptors (Lipinski definition) is 5. The Bertz CT molecular complexity index is 482. The molecule has 17 heavy (non-hydrogen) atoms. The third-order valence-corrected chi connectivity index (χ3v) is 1.98. The molecule has 7 heteroatoms. The quantitative estimate of drug-likeness (QED) is 0.493. The molecular weight excluding hydrogens is 226 g/mol. The van der Waals surface area contributed by atoms with Gasteiger partial charge in [-0.2, -0.15) is 0 Å². The zero-order chi connectivity index (χ0) is 13.1. The van der Waals surface area contributed by atoms with E-state index in [1.807, 2.05) is 0 Å². The van der Waals surface area contributed by atoms with Gasteiger partial charge in [-0.3, -0.25) is 10.1 Å². The van der Waals surface area contributed by atoms with Crippen molar-refractivity contribution in [1.82, 2.24) is 0 Å². The summed E-state index contributed by atoms with van der Waals surface area (Å²) in [6, 6.07) is 5.92. The van der Waals surface area contributed by atoms with Crippen LogP contribution in [0.4, 0.5) is 5.69 Å². The highest BCUT2D eigenvalue weighted by Gasteiger charge is 2.30. The van der Waals surface area contributed by atoms with E-state index in [9.17, 15) is 14.9 Å². The van der Waals surface area contributed by atoms with Crippen molar-refractivity contribution in [2.75, 3.05) is 0 Å². The first-order valence-electron chi connectivity index (χ1n) is 4.74. The van der Waals surface area contributed by atoms with Gasteiger partial charge in [-0.05, 0) is 12.1 Å². The number of carbonyl (C=O) groups is 1. The fraction of sp³-hybridized carbons (Fsp3) is 0.300. The molecule has 1 rings (SSSR count). The van der Waals surface area contributed by atoms with Gasteiger partial charge in [0.2, 0.25) is 0 Å². The summed E-state index contributed by atoms with van der Waals surface area (Å²) in [5.41, 5.74) is -1.53. The molecule has 1 N–H and O–H groups in total. The predicted octanol–water partition coefficient (Wildman–Crippen LogP) is 2.48. The second kappa shape index (κ2) is 4.69. The van der Waals surface area contributed by atoms with Crippen LogP contribution in [0.1, 0.15) is 24.2 Å². The van der Waals surface area contributed by atoms with Crippen molar-refractivity contribution in [3.05, 3.63) is 39.9 Å². The monoisotopic (exact) mass is 237 g/mol. The molecule has 0 bridgehead atoms. The molecule has 0 radical (unpaired) electrons. The van der Waals surface area contributed by atoms with Gasteiger partial charge in [0, 0.05) is 13.8 Å². The van der Waals surface area contributed by atoms with Gasteiger partial charge < -0.3 is 5.11 Å². The number of benzene rings is 1. The van der Waals surface area contributed by atoms with E-state index in [1.165, 1.54) is 26.0 Å². The summed E-state index contributed by atoms with van der Waals surface area (Å²) in [6.07, 6.45) is 0. The summed E-state index contributed by atoms with van der Waals surface area (Å²) >= 11 is 0. The highest BCUT2D eigenvalue weighted by molar-refractivity contribution is 5.93.